The first kappa shape index (κ1) is 22.6. The molecule has 1 heterocycles. The van der Waals surface area contributed by atoms with Crippen LogP contribution in [0.5, 0.6) is 0 Å². The first-order chi connectivity index (χ1) is 14.9. The zero-order valence-electron chi connectivity index (χ0n) is 17.8. The number of rotatable bonds is 10. The third-order valence-corrected chi connectivity index (χ3v) is 5.12. The SMILES string of the molecule is CCCCc1nc(C(F)(F)CCC)n(Cc2ccc(-c3ccccc3C(=O)O)cc2)n1. The van der Waals surface area contributed by atoms with Crippen LogP contribution in [0.2, 0.25) is 0 Å². The van der Waals surface area contributed by atoms with Gasteiger partial charge < -0.3 is 5.11 Å². The van der Waals surface area contributed by atoms with Crippen LogP contribution in [0.25, 0.3) is 11.1 Å². The molecule has 1 N–H and O–H groups in total. The van der Waals surface area contributed by atoms with Gasteiger partial charge in [0.15, 0.2) is 11.6 Å². The normalized spacial score (nSPS) is 11.6. The Hall–Kier alpha value is -3.09. The maximum Gasteiger partial charge on any atom is 0.336 e. The molecular weight excluding hydrogens is 400 g/mol. The topological polar surface area (TPSA) is 68.0 Å². The number of nitrogens with zero attached hydrogens (tertiary/aromatic N) is 3. The number of hydrogen-bond acceptors (Lipinski definition) is 3. The maximum atomic E-state index is 14.7. The van der Waals surface area contributed by atoms with Crippen molar-refractivity contribution < 1.29 is 18.7 Å². The van der Waals surface area contributed by atoms with E-state index in [4.69, 9.17) is 0 Å². The van der Waals surface area contributed by atoms with E-state index in [0.717, 1.165) is 24.0 Å². The number of aryl methyl sites for hydroxylation is 1. The van der Waals surface area contributed by atoms with Crippen LogP contribution < -0.4 is 0 Å². The van der Waals surface area contributed by atoms with Crippen molar-refractivity contribution in [2.45, 2.75) is 58.4 Å². The second-order valence-electron chi connectivity index (χ2n) is 7.61. The Labute approximate surface area is 180 Å². The molecule has 164 valence electrons. The van der Waals surface area contributed by atoms with Crippen LogP contribution in [-0.2, 0) is 18.9 Å². The first-order valence-electron chi connectivity index (χ1n) is 10.6. The summed E-state index contributed by atoms with van der Waals surface area (Å²) < 4.78 is 30.7. The fraction of sp³-hybridized carbons (Fsp3) is 0.375. The number of halogens is 2. The van der Waals surface area contributed by atoms with Gasteiger partial charge in [0.05, 0.1) is 12.1 Å². The molecule has 3 rings (SSSR count). The highest BCUT2D eigenvalue weighted by Crippen LogP contribution is 2.32. The van der Waals surface area contributed by atoms with Crippen molar-refractivity contribution in [3.8, 4) is 11.1 Å². The minimum Gasteiger partial charge on any atom is -0.478 e. The van der Waals surface area contributed by atoms with Crippen LogP contribution in [0.3, 0.4) is 0 Å². The monoisotopic (exact) mass is 427 g/mol. The number of carboxylic acids is 1. The van der Waals surface area contributed by atoms with Crippen LogP contribution >= 0.6 is 0 Å². The summed E-state index contributed by atoms with van der Waals surface area (Å²) in [5, 5.41) is 13.8. The molecule has 0 aliphatic rings. The summed E-state index contributed by atoms with van der Waals surface area (Å²) in [5.74, 6) is -3.88. The zero-order chi connectivity index (χ0) is 22.4. The van der Waals surface area contributed by atoms with Gasteiger partial charge >= 0.3 is 11.9 Å². The van der Waals surface area contributed by atoms with E-state index in [-0.39, 0.29) is 24.4 Å². The lowest BCUT2D eigenvalue weighted by molar-refractivity contribution is -0.0270. The third kappa shape index (κ3) is 5.34. The van der Waals surface area contributed by atoms with Crippen molar-refractivity contribution >= 4 is 5.97 Å². The summed E-state index contributed by atoms with van der Waals surface area (Å²) in [6.07, 6.45) is 2.43. The molecule has 0 saturated heterocycles. The summed E-state index contributed by atoms with van der Waals surface area (Å²) in [7, 11) is 0. The summed E-state index contributed by atoms with van der Waals surface area (Å²) in [4.78, 5) is 15.6. The fourth-order valence-corrected chi connectivity index (χ4v) is 3.52. The molecule has 0 spiro atoms. The molecule has 0 saturated carbocycles. The Morgan fingerprint density at radius 1 is 1.06 bits per heavy atom. The lowest BCUT2D eigenvalue weighted by atomic mass is 9.99. The Morgan fingerprint density at radius 2 is 1.77 bits per heavy atom. The molecule has 7 heteroatoms. The molecule has 5 nitrogen and oxygen atoms in total. The van der Waals surface area contributed by atoms with E-state index in [9.17, 15) is 18.7 Å². The maximum absolute atomic E-state index is 14.7. The highest BCUT2D eigenvalue weighted by molar-refractivity contribution is 5.95. The van der Waals surface area contributed by atoms with Crippen molar-refractivity contribution in [3.05, 3.63) is 71.3 Å². The zero-order valence-corrected chi connectivity index (χ0v) is 17.8. The summed E-state index contributed by atoms with van der Waals surface area (Å²) in [6.45, 7) is 3.93. The molecule has 0 fully saturated rings. The Bertz CT molecular complexity index is 1030. The van der Waals surface area contributed by atoms with E-state index in [1.54, 1.807) is 43.3 Å². The average molecular weight is 427 g/mol. The van der Waals surface area contributed by atoms with E-state index < -0.39 is 11.9 Å². The molecule has 0 unspecified atom stereocenters. The first-order valence-corrected chi connectivity index (χ1v) is 10.6. The van der Waals surface area contributed by atoms with Gasteiger partial charge in [-0.1, -0.05) is 62.7 Å². The van der Waals surface area contributed by atoms with Crippen molar-refractivity contribution in [1.82, 2.24) is 14.8 Å². The molecule has 0 atom stereocenters. The molecular formula is C24H27F2N3O2. The van der Waals surface area contributed by atoms with E-state index >= 15 is 0 Å². The Kier molecular flexibility index (Phi) is 7.15. The Morgan fingerprint density at radius 3 is 2.42 bits per heavy atom. The average Bonchev–Trinajstić information content (AvgIpc) is 3.16. The van der Waals surface area contributed by atoms with E-state index in [1.165, 1.54) is 4.68 Å². The van der Waals surface area contributed by atoms with Gasteiger partial charge in [0.25, 0.3) is 0 Å². The van der Waals surface area contributed by atoms with Crippen molar-refractivity contribution in [3.63, 3.8) is 0 Å². The van der Waals surface area contributed by atoms with Gasteiger partial charge in [0, 0.05) is 12.8 Å². The van der Waals surface area contributed by atoms with Gasteiger partial charge in [-0.15, -0.1) is 0 Å². The van der Waals surface area contributed by atoms with Crippen LogP contribution in [0.1, 0.15) is 67.1 Å². The number of unbranched alkanes of at least 4 members (excludes halogenated alkanes) is 1. The molecule has 0 bridgehead atoms. The van der Waals surface area contributed by atoms with Crippen LogP contribution in [0, 0.1) is 0 Å². The Balaban J connectivity index is 1.89. The van der Waals surface area contributed by atoms with Crippen molar-refractivity contribution in [1.29, 1.82) is 0 Å². The van der Waals surface area contributed by atoms with Crippen LogP contribution in [0.15, 0.2) is 48.5 Å². The molecule has 2 aromatic carbocycles. The minimum atomic E-state index is -3.04. The highest BCUT2D eigenvalue weighted by Gasteiger charge is 2.37. The summed E-state index contributed by atoms with van der Waals surface area (Å²) >= 11 is 0. The lowest BCUT2D eigenvalue weighted by Crippen LogP contribution is -2.21. The lowest BCUT2D eigenvalue weighted by Gasteiger charge is -2.16. The predicted octanol–water partition coefficient (Wildman–Crippen LogP) is 5.93. The molecule has 31 heavy (non-hydrogen) atoms. The van der Waals surface area contributed by atoms with Crippen molar-refractivity contribution in [2.75, 3.05) is 0 Å². The minimum absolute atomic E-state index is 0.175. The van der Waals surface area contributed by atoms with Gasteiger partial charge in [-0.3, -0.25) is 0 Å². The molecule has 0 aliphatic carbocycles. The second kappa shape index (κ2) is 9.81. The quantitative estimate of drug-likeness (QED) is 0.436. The van der Waals surface area contributed by atoms with Gasteiger partial charge in [0.1, 0.15) is 0 Å². The van der Waals surface area contributed by atoms with Crippen LogP contribution in [-0.4, -0.2) is 25.8 Å². The number of aromatic carboxylic acids is 1. The number of carbonyl (C=O) groups is 1. The molecule has 0 aliphatic heterocycles. The molecule has 0 amide bonds. The van der Waals surface area contributed by atoms with Gasteiger partial charge in [0.2, 0.25) is 0 Å². The number of benzene rings is 2. The number of aromatic nitrogens is 3. The molecule has 0 radical (unpaired) electrons. The fourth-order valence-electron chi connectivity index (χ4n) is 3.52. The van der Waals surface area contributed by atoms with E-state index in [2.05, 4.69) is 10.1 Å². The third-order valence-electron chi connectivity index (χ3n) is 5.12. The number of carboxylic acid groups (broad SMARTS) is 1. The smallest absolute Gasteiger partial charge is 0.336 e. The highest BCUT2D eigenvalue weighted by atomic mass is 19.3. The van der Waals surface area contributed by atoms with Crippen LogP contribution in [0.4, 0.5) is 8.78 Å². The van der Waals surface area contributed by atoms with Crippen molar-refractivity contribution in [2.24, 2.45) is 0 Å². The van der Waals surface area contributed by atoms with E-state index in [1.807, 2.05) is 19.1 Å². The van der Waals surface area contributed by atoms with Gasteiger partial charge in [-0.25, -0.2) is 14.5 Å². The molecule has 3 aromatic rings. The largest absolute Gasteiger partial charge is 0.478 e. The standard InChI is InChI=1S/C24H27F2N3O2/c1-3-5-10-21-27-23(24(25,26)15-4-2)29(28-21)16-17-11-13-18(14-12-17)19-8-6-7-9-20(19)22(30)31/h6-9,11-14H,3-5,10,15-16H2,1-2H3,(H,30,31). The number of alkyl halides is 2. The van der Waals surface area contributed by atoms with Gasteiger partial charge in [-0.2, -0.15) is 13.9 Å². The summed E-state index contributed by atoms with van der Waals surface area (Å²) in [5.41, 5.74) is 2.37. The molecule has 1 aromatic heterocycles. The predicted molar refractivity (Wildman–Crippen MR) is 115 cm³/mol. The number of hydrogen-bond donors (Lipinski definition) is 1. The second-order valence-corrected chi connectivity index (χ2v) is 7.61. The summed E-state index contributed by atoms with van der Waals surface area (Å²) in [6, 6.07) is 14.0. The van der Waals surface area contributed by atoms with Gasteiger partial charge in [-0.05, 0) is 35.6 Å². The van der Waals surface area contributed by atoms with E-state index in [0.29, 0.717) is 24.2 Å².